The van der Waals surface area contributed by atoms with Crippen LogP contribution in [0, 0.1) is 0 Å². The zero-order valence-corrected chi connectivity index (χ0v) is 9.25. The van der Waals surface area contributed by atoms with E-state index in [-0.39, 0.29) is 5.41 Å². The van der Waals surface area contributed by atoms with Gasteiger partial charge in [-0.2, -0.15) is 0 Å². The predicted molar refractivity (Wildman–Crippen MR) is 62.3 cm³/mol. The maximum Gasteiger partial charge on any atom is 0.141 e. The lowest BCUT2D eigenvalue weighted by atomic mass is 9.87. The number of hydrogen-bond acceptors (Lipinski definition) is 0. The highest BCUT2D eigenvalue weighted by molar-refractivity contribution is 5.59. The molecule has 1 unspecified atom stereocenters. The highest BCUT2D eigenvalue weighted by Crippen LogP contribution is 2.43. The smallest absolute Gasteiger partial charge is 0.141 e. The number of rotatable bonds is 1. The summed E-state index contributed by atoms with van der Waals surface area (Å²) in [5.74, 6) is 0. The maximum atomic E-state index is 3.95. The number of hydrogen-bond donors (Lipinski definition) is 0. The maximum absolute atomic E-state index is 3.95. The number of benzene rings is 1. The lowest BCUT2D eigenvalue weighted by Gasteiger charge is -2.26. The summed E-state index contributed by atoms with van der Waals surface area (Å²) < 4.78 is 0.850. The molecule has 0 aromatic heterocycles. The standard InChI is InChI=1S/C13H18N/c1-5-14(4)10-13(2,3)11-8-6-7-9-12(11)14/h5-9H,1,10H2,2-4H3/q+1. The number of quaternary nitrogens is 1. The van der Waals surface area contributed by atoms with Crippen molar-refractivity contribution >= 4 is 5.69 Å². The molecule has 1 atom stereocenters. The fourth-order valence-electron chi connectivity index (χ4n) is 2.65. The molecule has 14 heavy (non-hydrogen) atoms. The van der Waals surface area contributed by atoms with E-state index in [1.807, 2.05) is 6.20 Å². The zero-order valence-electron chi connectivity index (χ0n) is 9.25. The summed E-state index contributed by atoms with van der Waals surface area (Å²) >= 11 is 0. The molecule has 1 nitrogen and oxygen atoms in total. The molecule has 0 amide bonds. The van der Waals surface area contributed by atoms with Crippen molar-refractivity contribution in [1.82, 2.24) is 4.48 Å². The number of para-hydroxylation sites is 1. The molecular weight excluding hydrogens is 170 g/mol. The van der Waals surface area contributed by atoms with Gasteiger partial charge < -0.3 is 0 Å². The summed E-state index contributed by atoms with van der Waals surface area (Å²) in [4.78, 5) is 0. The molecule has 1 heterocycles. The van der Waals surface area contributed by atoms with Crippen LogP contribution < -0.4 is 4.48 Å². The molecule has 1 aromatic rings. The van der Waals surface area contributed by atoms with Gasteiger partial charge in [0.05, 0.1) is 19.8 Å². The minimum Gasteiger partial charge on any atom is -0.267 e. The van der Waals surface area contributed by atoms with Gasteiger partial charge in [-0.25, -0.2) is 0 Å². The van der Waals surface area contributed by atoms with Crippen LogP contribution in [0.2, 0.25) is 0 Å². The van der Waals surface area contributed by atoms with Crippen LogP contribution in [0.1, 0.15) is 19.4 Å². The second-order valence-corrected chi connectivity index (χ2v) is 5.01. The molecule has 0 saturated heterocycles. The first-order valence-electron chi connectivity index (χ1n) is 5.08. The molecule has 0 radical (unpaired) electrons. The van der Waals surface area contributed by atoms with E-state index in [4.69, 9.17) is 0 Å². The van der Waals surface area contributed by atoms with Gasteiger partial charge in [-0.1, -0.05) is 32.0 Å². The topological polar surface area (TPSA) is 0 Å². The van der Waals surface area contributed by atoms with Crippen molar-refractivity contribution < 1.29 is 0 Å². The van der Waals surface area contributed by atoms with Crippen LogP contribution in [0.4, 0.5) is 5.69 Å². The lowest BCUT2D eigenvalue weighted by Crippen LogP contribution is -2.40. The van der Waals surface area contributed by atoms with Crippen LogP contribution in [0.5, 0.6) is 0 Å². The molecule has 0 N–H and O–H groups in total. The monoisotopic (exact) mass is 188 g/mol. The van der Waals surface area contributed by atoms with Crippen LogP contribution >= 0.6 is 0 Å². The molecule has 74 valence electrons. The normalized spacial score (nSPS) is 28.5. The van der Waals surface area contributed by atoms with Crippen LogP contribution in [0.25, 0.3) is 0 Å². The molecule has 1 aliphatic rings. The first-order chi connectivity index (χ1) is 6.49. The molecule has 0 fully saturated rings. The largest absolute Gasteiger partial charge is 0.267 e. The molecular formula is C13H18N+. The van der Waals surface area contributed by atoms with Crippen molar-refractivity contribution in [2.75, 3.05) is 13.6 Å². The van der Waals surface area contributed by atoms with E-state index in [0.717, 1.165) is 11.0 Å². The Bertz CT molecular complexity index is 379. The Hall–Kier alpha value is -1.08. The Balaban J connectivity index is 2.66. The Morgan fingerprint density at radius 3 is 2.64 bits per heavy atom. The molecule has 2 rings (SSSR count). The van der Waals surface area contributed by atoms with E-state index in [9.17, 15) is 0 Å². The Morgan fingerprint density at radius 2 is 2.00 bits per heavy atom. The minimum atomic E-state index is 0.263. The summed E-state index contributed by atoms with van der Waals surface area (Å²) in [5, 5.41) is 0. The van der Waals surface area contributed by atoms with Gasteiger partial charge in [0.1, 0.15) is 5.69 Å². The van der Waals surface area contributed by atoms with Crippen LogP contribution in [-0.2, 0) is 5.41 Å². The van der Waals surface area contributed by atoms with Crippen molar-refractivity contribution in [3.8, 4) is 0 Å². The van der Waals surface area contributed by atoms with Gasteiger partial charge in [-0.05, 0) is 12.6 Å². The van der Waals surface area contributed by atoms with Crippen molar-refractivity contribution in [3.05, 3.63) is 42.6 Å². The molecule has 0 saturated carbocycles. The van der Waals surface area contributed by atoms with Gasteiger partial charge in [0.25, 0.3) is 0 Å². The molecule has 1 heteroatoms. The number of fused-ring (bicyclic) bond motifs is 1. The van der Waals surface area contributed by atoms with Gasteiger partial charge in [0, 0.05) is 11.0 Å². The van der Waals surface area contributed by atoms with Gasteiger partial charge in [0.2, 0.25) is 0 Å². The first kappa shape index (κ1) is 9.47. The Kier molecular flexibility index (Phi) is 1.83. The lowest BCUT2D eigenvalue weighted by molar-refractivity contribution is 0.390. The summed E-state index contributed by atoms with van der Waals surface area (Å²) in [7, 11) is 2.22. The third-order valence-electron chi connectivity index (χ3n) is 3.31. The molecule has 1 aromatic carbocycles. The van der Waals surface area contributed by atoms with E-state index >= 15 is 0 Å². The summed E-state index contributed by atoms with van der Waals surface area (Å²) in [6.07, 6.45) is 2.04. The van der Waals surface area contributed by atoms with Crippen molar-refractivity contribution in [1.29, 1.82) is 0 Å². The van der Waals surface area contributed by atoms with Gasteiger partial charge in [-0.3, -0.25) is 4.48 Å². The second-order valence-electron chi connectivity index (χ2n) is 5.01. The molecule has 1 aliphatic heterocycles. The summed E-state index contributed by atoms with van der Waals surface area (Å²) in [5.41, 5.74) is 3.12. The molecule has 0 spiro atoms. The van der Waals surface area contributed by atoms with Gasteiger partial charge in [0.15, 0.2) is 0 Å². The first-order valence-corrected chi connectivity index (χ1v) is 5.08. The zero-order chi connectivity index (χ0) is 10.4. The SMILES string of the molecule is C=C[N+]1(C)CC(C)(C)c2ccccc21. The highest BCUT2D eigenvalue weighted by atomic mass is 15.3. The minimum absolute atomic E-state index is 0.263. The van der Waals surface area contributed by atoms with E-state index in [0.29, 0.717) is 0 Å². The average molecular weight is 188 g/mol. The van der Waals surface area contributed by atoms with Gasteiger partial charge >= 0.3 is 0 Å². The van der Waals surface area contributed by atoms with E-state index in [2.05, 4.69) is 51.7 Å². The van der Waals surface area contributed by atoms with Crippen molar-refractivity contribution in [2.45, 2.75) is 19.3 Å². The Morgan fingerprint density at radius 1 is 1.36 bits per heavy atom. The van der Waals surface area contributed by atoms with E-state index in [1.165, 1.54) is 11.3 Å². The van der Waals surface area contributed by atoms with E-state index < -0.39 is 0 Å². The van der Waals surface area contributed by atoms with Crippen molar-refractivity contribution in [3.63, 3.8) is 0 Å². The van der Waals surface area contributed by atoms with E-state index in [1.54, 1.807) is 0 Å². The summed E-state index contributed by atoms with van der Waals surface area (Å²) in [6.45, 7) is 9.67. The van der Waals surface area contributed by atoms with Gasteiger partial charge in [-0.15, -0.1) is 0 Å². The van der Waals surface area contributed by atoms with Crippen LogP contribution in [0.15, 0.2) is 37.0 Å². The number of nitrogens with zero attached hydrogens (tertiary/aromatic N) is 1. The quantitative estimate of drug-likeness (QED) is 0.594. The third kappa shape index (κ3) is 1.12. The second kappa shape index (κ2) is 2.71. The summed E-state index contributed by atoms with van der Waals surface area (Å²) in [6, 6.07) is 8.69. The fourth-order valence-corrected chi connectivity index (χ4v) is 2.65. The van der Waals surface area contributed by atoms with Crippen molar-refractivity contribution in [2.24, 2.45) is 0 Å². The fraction of sp³-hybridized carbons (Fsp3) is 0.385. The average Bonchev–Trinajstić information content (AvgIpc) is 2.37. The highest BCUT2D eigenvalue weighted by Gasteiger charge is 2.44. The molecule has 0 bridgehead atoms. The predicted octanol–water partition coefficient (Wildman–Crippen LogP) is 3.06. The van der Waals surface area contributed by atoms with Crippen LogP contribution in [-0.4, -0.2) is 13.6 Å². The Labute approximate surface area is 86.3 Å². The third-order valence-corrected chi connectivity index (χ3v) is 3.31. The number of likely N-dealkylation sites (N-methyl/N-ethyl adjacent to an activating group) is 1. The van der Waals surface area contributed by atoms with Crippen LogP contribution in [0.3, 0.4) is 0 Å². The molecule has 0 aliphatic carbocycles.